The Kier molecular flexibility index (Phi) is 5.63. The third kappa shape index (κ3) is 3.89. The third-order valence-corrected chi connectivity index (χ3v) is 5.44. The molecule has 0 aliphatic carbocycles. The number of carbonyl (C=O) groups is 1. The van der Waals surface area contributed by atoms with Crippen molar-refractivity contribution >= 4 is 15.9 Å². The summed E-state index contributed by atoms with van der Waals surface area (Å²) in [4.78, 5) is 14.2. The lowest BCUT2D eigenvalue weighted by Gasteiger charge is -2.19. The summed E-state index contributed by atoms with van der Waals surface area (Å²) in [6.07, 6.45) is 5.51. The Labute approximate surface area is 131 Å². The molecule has 2 rings (SSSR count). The van der Waals surface area contributed by atoms with Crippen LogP contribution < -0.4 is 4.72 Å². The van der Waals surface area contributed by atoms with E-state index in [1.807, 2.05) is 0 Å². The van der Waals surface area contributed by atoms with Crippen LogP contribution in [0.15, 0.2) is 21.6 Å². The Balaban J connectivity index is 2.06. The lowest BCUT2D eigenvalue weighted by atomic mass is 9.96. The van der Waals surface area contributed by atoms with Gasteiger partial charge in [0.25, 0.3) is 15.9 Å². The summed E-state index contributed by atoms with van der Waals surface area (Å²) in [5.74, 6) is 0.539. The summed E-state index contributed by atoms with van der Waals surface area (Å²) in [5.41, 5.74) is 0. The molecule has 1 aromatic heterocycles. The number of carbonyl (C=O) groups excluding carboxylic acids is 1. The first-order valence-corrected chi connectivity index (χ1v) is 9.29. The maximum atomic E-state index is 12.5. The molecule has 1 fully saturated rings. The zero-order chi connectivity index (χ0) is 16.2. The number of hydrogen-bond donors (Lipinski definition) is 1. The van der Waals surface area contributed by atoms with Gasteiger partial charge in [-0.15, -0.1) is 0 Å². The van der Waals surface area contributed by atoms with Gasteiger partial charge >= 0.3 is 0 Å². The topological polar surface area (TPSA) is 79.6 Å². The predicted molar refractivity (Wildman–Crippen MR) is 83.1 cm³/mol. The maximum Gasteiger partial charge on any atom is 0.289 e. The summed E-state index contributed by atoms with van der Waals surface area (Å²) in [6.45, 7) is 3.59. The third-order valence-electron chi connectivity index (χ3n) is 4.16. The van der Waals surface area contributed by atoms with Crippen molar-refractivity contribution in [3.8, 4) is 0 Å². The summed E-state index contributed by atoms with van der Waals surface area (Å²) in [5, 5.41) is -0.225. The molecule has 1 N–H and O–H groups in total. The number of likely N-dealkylation sites (tertiary alicyclic amines) is 1. The van der Waals surface area contributed by atoms with Crippen molar-refractivity contribution in [3.63, 3.8) is 0 Å². The van der Waals surface area contributed by atoms with Crippen LogP contribution >= 0.6 is 0 Å². The van der Waals surface area contributed by atoms with Crippen molar-refractivity contribution in [1.82, 2.24) is 9.62 Å². The maximum absolute atomic E-state index is 12.5. The van der Waals surface area contributed by atoms with Crippen LogP contribution in [0.3, 0.4) is 0 Å². The van der Waals surface area contributed by atoms with E-state index >= 15 is 0 Å². The lowest BCUT2D eigenvalue weighted by Crippen LogP contribution is -2.31. The van der Waals surface area contributed by atoms with E-state index < -0.39 is 10.0 Å². The van der Waals surface area contributed by atoms with Crippen molar-refractivity contribution in [2.45, 2.75) is 44.1 Å². The molecule has 1 amide bonds. The Morgan fingerprint density at radius 2 is 2.14 bits per heavy atom. The Bertz CT molecular complexity index is 609. The quantitative estimate of drug-likeness (QED) is 0.899. The van der Waals surface area contributed by atoms with Gasteiger partial charge in [-0.3, -0.25) is 4.79 Å². The zero-order valence-corrected chi connectivity index (χ0v) is 14.0. The number of rotatable bonds is 5. The summed E-state index contributed by atoms with van der Waals surface area (Å²) in [6, 6.07) is 2.75. The number of nitrogens with one attached hydrogen (secondary N) is 1. The molecule has 1 aliphatic heterocycles. The van der Waals surface area contributed by atoms with Gasteiger partial charge in [-0.2, -0.15) is 0 Å². The molecule has 124 valence electrons. The van der Waals surface area contributed by atoms with Gasteiger partial charge in [0.15, 0.2) is 5.76 Å². The lowest BCUT2D eigenvalue weighted by molar-refractivity contribution is 0.0722. The molecule has 0 radical (unpaired) electrons. The molecule has 0 bridgehead atoms. The zero-order valence-electron chi connectivity index (χ0n) is 13.2. The van der Waals surface area contributed by atoms with Crippen molar-refractivity contribution < 1.29 is 17.6 Å². The van der Waals surface area contributed by atoms with Crippen LogP contribution in [-0.2, 0) is 10.0 Å². The Hall–Kier alpha value is -1.34. The second-order valence-corrected chi connectivity index (χ2v) is 7.52. The van der Waals surface area contributed by atoms with Gasteiger partial charge in [0.2, 0.25) is 5.09 Å². The van der Waals surface area contributed by atoms with E-state index in [0.717, 1.165) is 19.3 Å². The number of hydrogen-bond acceptors (Lipinski definition) is 4. The van der Waals surface area contributed by atoms with Gasteiger partial charge in [0, 0.05) is 13.1 Å². The summed E-state index contributed by atoms with van der Waals surface area (Å²) >= 11 is 0. The van der Waals surface area contributed by atoms with Crippen LogP contribution in [-0.4, -0.2) is 39.4 Å². The van der Waals surface area contributed by atoms with Gasteiger partial charge in [0.1, 0.15) is 0 Å². The van der Waals surface area contributed by atoms with Gasteiger partial charge in [-0.05, 0) is 44.4 Å². The first-order valence-electron chi connectivity index (χ1n) is 7.80. The van der Waals surface area contributed by atoms with E-state index in [-0.39, 0.29) is 16.8 Å². The first-order chi connectivity index (χ1) is 10.5. The molecule has 0 saturated carbocycles. The average molecular weight is 328 g/mol. The number of furan rings is 1. The van der Waals surface area contributed by atoms with Crippen molar-refractivity contribution in [3.05, 3.63) is 17.9 Å². The summed E-state index contributed by atoms with van der Waals surface area (Å²) < 4.78 is 30.7. The van der Waals surface area contributed by atoms with Gasteiger partial charge in [-0.1, -0.05) is 19.8 Å². The first kappa shape index (κ1) is 17.0. The average Bonchev–Trinajstić information content (AvgIpc) is 2.89. The molecular formula is C15H24N2O4S. The normalized spacial score (nSPS) is 19.9. The minimum absolute atomic E-state index is 0.0859. The minimum atomic E-state index is -3.65. The van der Waals surface area contributed by atoms with E-state index in [1.165, 1.54) is 32.0 Å². The number of sulfonamides is 1. The molecular weight excluding hydrogens is 304 g/mol. The fourth-order valence-corrected chi connectivity index (χ4v) is 3.55. The molecule has 1 saturated heterocycles. The largest absolute Gasteiger partial charge is 0.438 e. The van der Waals surface area contributed by atoms with E-state index in [0.29, 0.717) is 19.0 Å². The van der Waals surface area contributed by atoms with Crippen LogP contribution in [0.1, 0.15) is 49.6 Å². The Morgan fingerprint density at radius 1 is 1.36 bits per heavy atom. The molecule has 7 heteroatoms. The van der Waals surface area contributed by atoms with Crippen LogP contribution in [0, 0.1) is 5.92 Å². The SMILES string of the molecule is CCCC1CCCN(C(=O)c2ccc(S(=O)(=O)NC)o2)CC1. The fourth-order valence-electron chi connectivity index (χ4n) is 2.90. The minimum Gasteiger partial charge on any atom is -0.438 e. The molecule has 2 heterocycles. The second kappa shape index (κ2) is 7.28. The standard InChI is InChI=1S/C15H24N2O4S/c1-3-5-12-6-4-10-17(11-9-12)15(18)13-7-8-14(21-13)22(19,20)16-2/h7-8,12,16H,3-6,9-11H2,1-2H3. The summed E-state index contributed by atoms with van der Waals surface area (Å²) in [7, 11) is -2.34. The van der Waals surface area contributed by atoms with Crippen LogP contribution in [0.25, 0.3) is 0 Å². The highest BCUT2D eigenvalue weighted by molar-refractivity contribution is 7.89. The van der Waals surface area contributed by atoms with E-state index in [2.05, 4.69) is 11.6 Å². The number of amides is 1. The molecule has 1 aliphatic rings. The van der Waals surface area contributed by atoms with Gasteiger partial charge in [0.05, 0.1) is 0 Å². The fraction of sp³-hybridized carbons (Fsp3) is 0.667. The highest BCUT2D eigenvalue weighted by Crippen LogP contribution is 2.23. The second-order valence-electron chi connectivity index (χ2n) is 5.70. The van der Waals surface area contributed by atoms with Gasteiger partial charge < -0.3 is 9.32 Å². The van der Waals surface area contributed by atoms with Gasteiger partial charge in [-0.25, -0.2) is 13.1 Å². The van der Waals surface area contributed by atoms with E-state index in [9.17, 15) is 13.2 Å². The molecule has 0 aromatic carbocycles. The predicted octanol–water partition coefficient (Wildman–Crippen LogP) is 2.23. The molecule has 1 atom stereocenters. The van der Waals surface area contributed by atoms with Crippen LogP contribution in [0.5, 0.6) is 0 Å². The monoisotopic (exact) mass is 328 g/mol. The highest BCUT2D eigenvalue weighted by Gasteiger charge is 2.25. The van der Waals surface area contributed by atoms with E-state index in [4.69, 9.17) is 4.42 Å². The van der Waals surface area contributed by atoms with Crippen molar-refractivity contribution in [2.24, 2.45) is 5.92 Å². The molecule has 6 nitrogen and oxygen atoms in total. The molecule has 1 aromatic rings. The molecule has 0 spiro atoms. The molecule has 22 heavy (non-hydrogen) atoms. The van der Waals surface area contributed by atoms with Crippen molar-refractivity contribution in [1.29, 1.82) is 0 Å². The Morgan fingerprint density at radius 3 is 2.82 bits per heavy atom. The highest BCUT2D eigenvalue weighted by atomic mass is 32.2. The van der Waals surface area contributed by atoms with E-state index in [1.54, 1.807) is 4.90 Å². The number of nitrogens with zero attached hydrogens (tertiary/aromatic N) is 1. The van der Waals surface area contributed by atoms with Crippen LogP contribution in [0.2, 0.25) is 0 Å². The smallest absolute Gasteiger partial charge is 0.289 e. The molecule has 1 unspecified atom stereocenters. The van der Waals surface area contributed by atoms with Crippen molar-refractivity contribution in [2.75, 3.05) is 20.1 Å². The van der Waals surface area contributed by atoms with Crippen LogP contribution in [0.4, 0.5) is 0 Å².